The van der Waals surface area contributed by atoms with Gasteiger partial charge in [-0.3, -0.25) is 4.79 Å². The van der Waals surface area contributed by atoms with Crippen LogP contribution in [0.5, 0.6) is 0 Å². The van der Waals surface area contributed by atoms with Gasteiger partial charge in [0.1, 0.15) is 11.6 Å². The molecule has 1 aromatic carbocycles. The van der Waals surface area contributed by atoms with Gasteiger partial charge in [0.05, 0.1) is 12.5 Å². The summed E-state index contributed by atoms with van der Waals surface area (Å²) >= 11 is 0. The molecule has 0 bridgehead atoms. The highest BCUT2D eigenvalue weighted by atomic mass is 16.1. The van der Waals surface area contributed by atoms with E-state index in [1.54, 1.807) is 6.08 Å². The Hall–Kier alpha value is -3.05. The lowest BCUT2D eigenvalue weighted by molar-refractivity contribution is -0.116. The maximum absolute atomic E-state index is 11.6. The lowest BCUT2D eigenvalue weighted by atomic mass is 10.1. The molecule has 0 aliphatic rings. The van der Waals surface area contributed by atoms with Crippen LogP contribution in [0.15, 0.2) is 36.0 Å². The number of likely N-dealkylation sites (N-methyl/N-ethyl adjacent to an activating group) is 1. The van der Waals surface area contributed by atoms with Gasteiger partial charge in [-0.1, -0.05) is 18.2 Å². The summed E-state index contributed by atoms with van der Waals surface area (Å²) in [5.74, 6) is -0.411. The van der Waals surface area contributed by atoms with E-state index in [0.29, 0.717) is 13.0 Å². The van der Waals surface area contributed by atoms with Crippen LogP contribution in [0.3, 0.4) is 0 Å². The molecule has 0 saturated heterocycles. The number of para-hydroxylation sites is 1. The minimum atomic E-state index is -0.411. The highest BCUT2D eigenvalue weighted by Crippen LogP contribution is 2.23. The number of benzene rings is 1. The first-order valence-corrected chi connectivity index (χ1v) is 6.50. The van der Waals surface area contributed by atoms with Crippen molar-refractivity contribution in [3.8, 4) is 12.1 Å². The third-order valence-electron chi connectivity index (χ3n) is 3.18. The van der Waals surface area contributed by atoms with Gasteiger partial charge in [0.25, 0.3) is 5.91 Å². The number of carbonyl (C=O) groups excluding carboxylic acids is 1. The van der Waals surface area contributed by atoms with Crippen molar-refractivity contribution < 1.29 is 4.79 Å². The monoisotopic (exact) mass is 278 g/mol. The molecule has 2 rings (SSSR count). The number of nitrogens with one attached hydrogen (secondary N) is 1. The van der Waals surface area contributed by atoms with Gasteiger partial charge in [-0.2, -0.15) is 10.5 Å². The Morgan fingerprint density at radius 1 is 1.38 bits per heavy atom. The second-order valence-electron chi connectivity index (χ2n) is 4.45. The zero-order chi connectivity index (χ0) is 15.2. The fourth-order valence-corrected chi connectivity index (χ4v) is 2.18. The van der Waals surface area contributed by atoms with Crippen molar-refractivity contribution in [3.63, 3.8) is 0 Å². The predicted octanol–water partition coefficient (Wildman–Crippen LogP) is 2.21. The Balaban J connectivity index is 2.55. The maximum Gasteiger partial charge on any atom is 0.261 e. The van der Waals surface area contributed by atoms with Gasteiger partial charge >= 0.3 is 0 Å². The van der Waals surface area contributed by atoms with Crippen LogP contribution < -0.4 is 5.32 Å². The summed E-state index contributed by atoms with van der Waals surface area (Å²) < 4.78 is 1.96. The second kappa shape index (κ2) is 6.40. The van der Waals surface area contributed by atoms with Gasteiger partial charge in [-0.15, -0.1) is 0 Å². The summed E-state index contributed by atoms with van der Waals surface area (Å²) in [6.07, 6.45) is 3.84. The SMILES string of the molecule is CNC(=O)/C(C#N)=C/c1cn(CCC#N)c2ccccc12. The number of amides is 1. The first kappa shape index (κ1) is 14.4. The largest absolute Gasteiger partial charge is 0.354 e. The van der Waals surface area contributed by atoms with Crippen molar-refractivity contribution in [3.05, 3.63) is 41.6 Å². The topological polar surface area (TPSA) is 81.6 Å². The lowest BCUT2D eigenvalue weighted by Crippen LogP contribution is -2.19. The van der Waals surface area contributed by atoms with Crippen LogP contribution in [0.4, 0.5) is 0 Å². The van der Waals surface area contributed by atoms with Crippen molar-refractivity contribution in [1.29, 1.82) is 10.5 Å². The highest BCUT2D eigenvalue weighted by Gasteiger charge is 2.10. The van der Waals surface area contributed by atoms with E-state index in [9.17, 15) is 4.79 Å². The van der Waals surface area contributed by atoms with Crippen LogP contribution in [-0.4, -0.2) is 17.5 Å². The number of nitrogens with zero attached hydrogens (tertiary/aromatic N) is 3. The Kier molecular flexibility index (Phi) is 4.38. The minimum absolute atomic E-state index is 0.0562. The van der Waals surface area contributed by atoms with E-state index >= 15 is 0 Å². The summed E-state index contributed by atoms with van der Waals surface area (Å²) in [5.41, 5.74) is 1.83. The summed E-state index contributed by atoms with van der Waals surface area (Å²) in [7, 11) is 1.49. The zero-order valence-electron chi connectivity index (χ0n) is 11.6. The van der Waals surface area contributed by atoms with Crippen LogP contribution in [0, 0.1) is 22.7 Å². The van der Waals surface area contributed by atoms with Gasteiger partial charge in [-0.05, 0) is 12.1 Å². The van der Waals surface area contributed by atoms with Gasteiger partial charge < -0.3 is 9.88 Å². The molecule has 1 amide bonds. The molecule has 21 heavy (non-hydrogen) atoms. The molecule has 1 aromatic heterocycles. The molecule has 0 unspecified atom stereocenters. The summed E-state index contributed by atoms with van der Waals surface area (Å²) in [6.45, 7) is 0.576. The van der Waals surface area contributed by atoms with Crippen LogP contribution in [0.2, 0.25) is 0 Å². The van der Waals surface area contributed by atoms with Crippen LogP contribution in [0.25, 0.3) is 17.0 Å². The van der Waals surface area contributed by atoms with Crippen molar-refractivity contribution in [2.75, 3.05) is 7.05 Å². The van der Waals surface area contributed by atoms with Crippen LogP contribution >= 0.6 is 0 Å². The zero-order valence-corrected chi connectivity index (χ0v) is 11.6. The van der Waals surface area contributed by atoms with Crippen molar-refractivity contribution in [2.45, 2.75) is 13.0 Å². The quantitative estimate of drug-likeness (QED) is 0.687. The number of fused-ring (bicyclic) bond motifs is 1. The third kappa shape index (κ3) is 2.93. The summed E-state index contributed by atoms with van der Waals surface area (Å²) in [4.78, 5) is 11.6. The van der Waals surface area contributed by atoms with Gasteiger partial charge in [0, 0.05) is 36.3 Å². The molecule has 0 saturated carbocycles. The fraction of sp³-hybridized carbons (Fsp3) is 0.188. The third-order valence-corrected chi connectivity index (χ3v) is 3.18. The molecule has 2 aromatic rings. The Labute approximate surface area is 122 Å². The van der Waals surface area contributed by atoms with E-state index in [2.05, 4.69) is 11.4 Å². The first-order chi connectivity index (χ1) is 10.2. The highest BCUT2D eigenvalue weighted by molar-refractivity contribution is 6.03. The number of aryl methyl sites for hydroxylation is 1. The average molecular weight is 278 g/mol. The lowest BCUT2D eigenvalue weighted by Gasteiger charge is -2.00. The van der Waals surface area contributed by atoms with Crippen LogP contribution in [0.1, 0.15) is 12.0 Å². The molecule has 104 valence electrons. The molecule has 0 spiro atoms. The number of hydrogen-bond donors (Lipinski definition) is 1. The molecule has 0 fully saturated rings. The number of rotatable bonds is 4. The molecule has 5 heteroatoms. The van der Waals surface area contributed by atoms with Gasteiger partial charge in [-0.25, -0.2) is 0 Å². The number of carbonyl (C=O) groups is 1. The molecule has 1 heterocycles. The van der Waals surface area contributed by atoms with Gasteiger partial charge in [0.15, 0.2) is 0 Å². The molecule has 0 atom stereocenters. The normalized spacial score (nSPS) is 10.9. The van der Waals surface area contributed by atoms with E-state index in [1.807, 2.05) is 41.1 Å². The number of aromatic nitrogens is 1. The molecular weight excluding hydrogens is 264 g/mol. The Morgan fingerprint density at radius 2 is 2.14 bits per heavy atom. The molecule has 0 aliphatic heterocycles. The Morgan fingerprint density at radius 3 is 2.81 bits per heavy atom. The molecule has 0 aliphatic carbocycles. The van der Waals surface area contributed by atoms with Gasteiger partial charge in [0.2, 0.25) is 0 Å². The molecule has 5 nitrogen and oxygen atoms in total. The van der Waals surface area contributed by atoms with Crippen molar-refractivity contribution in [1.82, 2.24) is 9.88 Å². The summed E-state index contributed by atoms with van der Waals surface area (Å²) in [5, 5.41) is 21.2. The van der Waals surface area contributed by atoms with E-state index in [0.717, 1.165) is 16.5 Å². The summed E-state index contributed by atoms with van der Waals surface area (Å²) in [6, 6.07) is 11.7. The molecular formula is C16H14N4O. The van der Waals surface area contributed by atoms with E-state index < -0.39 is 5.91 Å². The average Bonchev–Trinajstić information content (AvgIpc) is 2.88. The first-order valence-electron chi connectivity index (χ1n) is 6.50. The second-order valence-corrected chi connectivity index (χ2v) is 4.45. The standard InChI is InChI=1S/C16H14N4O/c1-19-16(21)12(10-18)9-13-11-20(8-4-7-17)15-6-3-2-5-14(13)15/h2-3,5-6,9,11H,4,8H2,1H3,(H,19,21)/b12-9+. The maximum atomic E-state index is 11.6. The van der Waals surface area contributed by atoms with Crippen molar-refractivity contribution >= 4 is 22.9 Å². The molecule has 1 N–H and O–H groups in total. The van der Waals surface area contributed by atoms with E-state index in [4.69, 9.17) is 10.5 Å². The van der Waals surface area contributed by atoms with E-state index in [-0.39, 0.29) is 5.57 Å². The number of hydrogen-bond acceptors (Lipinski definition) is 3. The Bertz CT molecular complexity index is 787. The van der Waals surface area contributed by atoms with Crippen LogP contribution in [-0.2, 0) is 11.3 Å². The minimum Gasteiger partial charge on any atom is -0.354 e. The predicted molar refractivity (Wildman–Crippen MR) is 79.8 cm³/mol. The molecule has 0 radical (unpaired) electrons. The smallest absolute Gasteiger partial charge is 0.261 e. The fourth-order valence-electron chi connectivity index (χ4n) is 2.18. The van der Waals surface area contributed by atoms with Crippen molar-refractivity contribution in [2.24, 2.45) is 0 Å². The van der Waals surface area contributed by atoms with E-state index in [1.165, 1.54) is 7.05 Å². The number of nitriles is 2.